The highest BCUT2D eigenvalue weighted by Gasteiger charge is 2.19. The Kier molecular flexibility index (Phi) is 8.79. The fourth-order valence-corrected chi connectivity index (χ4v) is 1.67. The summed E-state index contributed by atoms with van der Waals surface area (Å²) in [6.07, 6.45) is 0.959. The second kappa shape index (κ2) is 7.01. The van der Waals surface area contributed by atoms with Gasteiger partial charge in [0.15, 0.2) is 6.23 Å². The number of hydrogen-bond acceptors (Lipinski definition) is 2. The molecule has 0 saturated carbocycles. The van der Waals surface area contributed by atoms with Gasteiger partial charge in [-0.15, -0.1) is 0 Å². The molecule has 1 unspecified atom stereocenters. The first-order chi connectivity index (χ1) is 4.98. The van der Waals surface area contributed by atoms with Gasteiger partial charge >= 0.3 is 0 Å². The van der Waals surface area contributed by atoms with Crippen LogP contribution in [0.2, 0.25) is 0 Å². The van der Waals surface area contributed by atoms with Crippen molar-refractivity contribution in [2.45, 2.75) is 19.6 Å². The summed E-state index contributed by atoms with van der Waals surface area (Å²) in [6, 6.07) is 0. The molecule has 0 amide bonds. The van der Waals surface area contributed by atoms with E-state index in [1.807, 2.05) is 32.9 Å². The van der Waals surface area contributed by atoms with Crippen molar-refractivity contribution in [3.05, 3.63) is 0 Å². The standard InChI is InChI=1S/C8H20NOS.ClH/c1-5-6-11-7-8(10)9(2,3)4;/h8,10H,5-7H2,1-4H3;1H/q+1;/p-1. The average Bonchev–Trinajstić information content (AvgIpc) is 1.86. The number of aliphatic hydroxyl groups is 1. The van der Waals surface area contributed by atoms with Crippen LogP contribution < -0.4 is 12.4 Å². The molecule has 12 heavy (non-hydrogen) atoms. The van der Waals surface area contributed by atoms with Crippen LogP contribution in [-0.4, -0.2) is 48.5 Å². The zero-order valence-corrected chi connectivity index (χ0v) is 9.95. The maximum absolute atomic E-state index is 9.56. The first-order valence-corrected chi connectivity index (χ1v) is 5.21. The number of hydrogen-bond donors (Lipinski definition) is 1. The Morgan fingerprint density at radius 1 is 1.33 bits per heavy atom. The number of halogens is 1. The Morgan fingerprint density at radius 3 is 2.17 bits per heavy atom. The fourth-order valence-electron chi connectivity index (χ4n) is 0.557. The van der Waals surface area contributed by atoms with Gasteiger partial charge in [0.25, 0.3) is 0 Å². The molecule has 0 aliphatic carbocycles. The molecule has 0 saturated heterocycles. The summed E-state index contributed by atoms with van der Waals surface area (Å²) < 4.78 is 0.636. The molecular weight excluding hydrogens is 194 g/mol. The van der Waals surface area contributed by atoms with Crippen LogP contribution in [0, 0.1) is 0 Å². The van der Waals surface area contributed by atoms with E-state index in [1.165, 1.54) is 6.42 Å². The molecule has 0 aliphatic rings. The number of aliphatic hydroxyl groups excluding tert-OH is 1. The van der Waals surface area contributed by atoms with Crippen LogP contribution in [0.15, 0.2) is 0 Å². The summed E-state index contributed by atoms with van der Waals surface area (Å²) in [5, 5.41) is 9.56. The molecule has 4 heteroatoms. The smallest absolute Gasteiger partial charge is 0.199 e. The number of rotatable bonds is 5. The maximum Gasteiger partial charge on any atom is 0.199 e. The van der Waals surface area contributed by atoms with Crippen molar-refractivity contribution in [3.63, 3.8) is 0 Å². The molecule has 2 nitrogen and oxygen atoms in total. The van der Waals surface area contributed by atoms with Crippen molar-refractivity contribution in [1.82, 2.24) is 0 Å². The van der Waals surface area contributed by atoms with Crippen molar-refractivity contribution in [1.29, 1.82) is 0 Å². The molecule has 0 rings (SSSR count). The van der Waals surface area contributed by atoms with Gasteiger partial charge in [-0.3, -0.25) is 0 Å². The third kappa shape index (κ3) is 7.22. The van der Waals surface area contributed by atoms with Gasteiger partial charge in [0.1, 0.15) is 0 Å². The summed E-state index contributed by atoms with van der Waals surface area (Å²) in [7, 11) is 6.03. The third-order valence-electron chi connectivity index (χ3n) is 1.51. The van der Waals surface area contributed by atoms with Crippen LogP contribution in [0.4, 0.5) is 0 Å². The van der Waals surface area contributed by atoms with E-state index in [1.54, 1.807) is 0 Å². The van der Waals surface area contributed by atoms with Crippen molar-refractivity contribution in [2.75, 3.05) is 32.6 Å². The number of quaternary nitrogens is 1. The van der Waals surface area contributed by atoms with Crippen molar-refractivity contribution >= 4 is 11.8 Å². The lowest BCUT2D eigenvalue weighted by Crippen LogP contribution is -3.00. The van der Waals surface area contributed by atoms with E-state index in [-0.39, 0.29) is 18.6 Å². The largest absolute Gasteiger partial charge is 1.00 e. The lowest BCUT2D eigenvalue weighted by Gasteiger charge is -2.29. The summed E-state index contributed by atoms with van der Waals surface area (Å²) in [5.41, 5.74) is 0. The molecule has 0 heterocycles. The quantitative estimate of drug-likeness (QED) is 0.329. The van der Waals surface area contributed by atoms with Crippen molar-refractivity contribution in [2.24, 2.45) is 0 Å². The maximum atomic E-state index is 9.56. The molecule has 0 aromatic carbocycles. The molecule has 1 atom stereocenters. The number of thioether (sulfide) groups is 1. The Balaban J connectivity index is 0. The first-order valence-electron chi connectivity index (χ1n) is 4.05. The van der Waals surface area contributed by atoms with Crippen LogP contribution >= 0.6 is 11.8 Å². The molecular formula is C8H20ClNOS. The van der Waals surface area contributed by atoms with Gasteiger partial charge in [-0.05, 0) is 12.2 Å². The SMILES string of the molecule is CCCSCC(O)[N+](C)(C)C.[Cl-]. The van der Waals surface area contributed by atoms with Gasteiger partial charge in [0, 0.05) is 0 Å². The Hall–Kier alpha value is 0.560. The Morgan fingerprint density at radius 2 is 1.83 bits per heavy atom. The molecule has 0 aromatic rings. The monoisotopic (exact) mass is 213 g/mol. The minimum atomic E-state index is -0.230. The molecule has 0 fully saturated rings. The third-order valence-corrected chi connectivity index (χ3v) is 2.74. The van der Waals surface area contributed by atoms with Crippen LogP contribution in [0.5, 0.6) is 0 Å². The summed E-state index contributed by atoms with van der Waals surface area (Å²) in [5.74, 6) is 1.99. The average molecular weight is 214 g/mol. The van der Waals surface area contributed by atoms with Crippen molar-refractivity contribution in [3.8, 4) is 0 Å². The van der Waals surface area contributed by atoms with Gasteiger partial charge in [-0.1, -0.05) is 6.92 Å². The second-order valence-electron chi connectivity index (χ2n) is 3.67. The van der Waals surface area contributed by atoms with E-state index in [0.29, 0.717) is 4.48 Å². The second-order valence-corrected chi connectivity index (χ2v) is 4.82. The fraction of sp³-hybridized carbons (Fsp3) is 1.00. The van der Waals surface area contributed by atoms with Gasteiger partial charge in [0.05, 0.1) is 26.9 Å². The lowest BCUT2D eigenvalue weighted by molar-refractivity contribution is -0.915. The summed E-state index contributed by atoms with van der Waals surface area (Å²) in [6.45, 7) is 2.16. The van der Waals surface area contributed by atoms with E-state index in [0.717, 1.165) is 11.5 Å². The molecule has 0 bridgehead atoms. The van der Waals surface area contributed by atoms with Gasteiger partial charge in [-0.25, -0.2) is 0 Å². The van der Waals surface area contributed by atoms with Gasteiger partial charge < -0.3 is 22.0 Å². The number of nitrogens with zero attached hydrogens (tertiary/aromatic N) is 1. The minimum Gasteiger partial charge on any atom is -1.00 e. The van der Waals surface area contributed by atoms with Gasteiger partial charge in [0.2, 0.25) is 0 Å². The zero-order chi connectivity index (χ0) is 8.91. The predicted octanol–water partition coefficient (Wildman–Crippen LogP) is -1.84. The molecule has 0 spiro atoms. The summed E-state index contributed by atoms with van der Waals surface area (Å²) in [4.78, 5) is 0. The highest BCUT2D eigenvalue weighted by atomic mass is 35.5. The Labute approximate surface area is 86.3 Å². The zero-order valence-electron chi connectivity index (χ0n) is 8.38. The van der Waals surface area contributed by atoms with Gasteiger partial charge in [-0.2, -0.15) is 11.8 Å². The minimum absolute atomic E-state index is 0. The van der Waals surface area contributed by atoms with Crippen LogP contribution in [0.25, 0.3) is 0 Å². The molecule has 0 radical (unpaired) electrons. The molecule has 76 valence electrons. The van der Waals surface area contributed by atoms with Crippen LogP contribution in [-0.2, 0) is 0 Å². The highest BCUT2D eigenvalue weighted by molar-refractivity contribution is 7.99. The molecule has 0 aliphatic heterocycles. The van der Waals surface area contributed by atoms with E-state index in [9.17, 15) is 5.11 Å². The van der Waals surface area contributed by atoms with E-state index in [2.05, 4.69) is 6.92 Å². The van der Waals surface area contributed by atoms with Crippen LogP contribution in [0.3, 0.4) is 0 Å². The van der Waals surface area contributed by atoms with E-state index < -0.39 is 0 Å². The van der Waals surface area contributed by atoms with Crippen LogP contribution in [0.1, 0.15) is 13.3 Å². The van der Waals surface area contributed by atoms with E-state index >= 15 is 0 Å². The lowest BCUT2D eigenvalue weighted by atomic mass is 10.5. The first kappa shape index (κ1) is 15.1. The topological polar surface area (TPSA) is 20.2 Å². The molecule has 0 aromatic heterocycles. The van der Waals surface area contributed by atoms with E-state index in [4.69, 9.17) is 0 Å². The molecule has 1 N–H and O–H groups in total. The van der Waals surface area contributed by atoms with Crippen molar-refractivity contribution < 1.29 is 22.0 Å². The summed E-state index contributed by atoms with van der Waals surface area (Å²) >= 11 is 1.82. The highest BCUT2D eigenvalue weighted by Crippen LogP contribution is 2.09. The Bertz CT molecular complexity index is 106. The normalized spacial score (nSPS) is 13.8. The predicted molar refractivity (Wildman–Crippen MR) is 51.7 cm³/mol.